The predicted octanol–water partition coefficient (Wildman–Crippen LogP) is 4.87. The molecule has 0 aliphatic rings. The van der Waals surface area contributed by atoms with Crippen molar-refractivity contribution in [1.29, 1.82) is 0 Å². The number of benzene rings is 2. The van der Waals surface area contributed by atoms with Crippen molar-refractivity contribution in [1.82, 2.24) is 5.32 Å². The van der Waals surface area contributed by atoms with Crippen molar-refractivity contribution in [3.8, 4) is 0 Å². The van der Waals surface area contributed by atoms with Gasteiger partial charge in [-0.25, -0.2) is 4.39 Å². The Balaban J connectivity index is 1.99. The van der Waals surface area contributed by atoms with Gasteiger partial charge in [-0.2, -0.15) is 0 Å². The number of carbonyl (C=O) groups excluding carboxylic acids is 1. The lowest BCUT2D eigenvalue weighted by molar-refractivity contribution is 0.0949. The first-order valence-corrected chi connectivity index (χ1v) is 7.70. The Morgan fingerprint density at radius 1 is 1.24 bits per heavy atom. The Bertz CT molecular complexity index is 658. The first-order chi connectivity index (χ1) is 9.99. The highest BCUT2D eigenvalue weighted by Gasteiger charge is 2.14. The molecule has 2 nitrogen and oxygen atoms in total. The second kappa shape index (κ2) is 7.25. The van der Waals surface area contributed by atoms with Gasteiger partial charge in [-0.05, 0) is 52.2 Å². The van der Waals surface area contributed by atoms with Crippen LogP contribution in [0.2, 0.25) is 10.0 Å². The smallest absolute Gasteiger partial charge is 0.255 e. The summed E-state index contributed by atoms with van der Waals surface area (Å²) >= 11 is 15.0. The average Bonchev–Trinajstić information content (AvgIpc) is 2.41. The molecule has 0 fully saturated rings. The lowest BCUT2D eigenvalue weighted by atomic mass is 10.1. The number of halogens is 4. The van der Waals surface area contributed by atoms with Crippen molar-refractivity contribution in [2.75, 3.05) is 6.54 Å². The molecule has 0 saturated heterocycles. The molecule has 0 spiro atoms. The minimum absolute atomic E-state index is 0.000275. The summed E-state index contributed by atoms with van der Waals surface area (Å²) in [5, 5.41) is 3.77. The molecule has 0 aliphatic carbocycles. The fraction of sp³-hybridized carbons (Fsp3) is 0.133. The Kier molecular flexibility index (Phi) is 5.62. The molecule has 0 aromatic heterocycles. The van der Waals surface area contributed by atoms with Gasteiger partial charge in [-0.15, -0.1) is 0 Å². The summed E-state index contributed by atoms with van der Waals surface area (Å²) in [6, 6.07) is 9.58. The zero-order valence-electron chi connectivity index (χ0n) is 10.8. The third kappa shape index (κ3) is 4.19. The molecular formula is C15H11BrCl2FNO. The minimum Gasteiger partial charge on any atom is -0.352 e. The zero-order valence-corrected chi connectivity index (χ0v) is 13.9. The molecule has 110 valence electrons. The SMILES string of the molecule is O=C(NCCc1ccc(Cl)cc1Cl)c1c(F)cccc1Br. The van der Waals surface area contributed by atoms with Crippen LogP contribution in [0, 0.1) is 5.82 Å². The molecule has 6 heteroatoms. The minimum atomic E-state index is -0.564. The van der Waals surface area contributed by atoms with E-state index in [1.165, 1.54) is 12.1 Å². The number of hydrogen-bond donors (Lipinski definition) is 1. The van der Waals surface area contributed by atoms with Gasteiger partial charge in [0.1, 0.15) is 5.82 Å². The molecule has 1 amide bonds. The summed E-state index contributed by atoms with van der Waals surface area (Å²) in [4.78, 5) is 12.0. The summed E-state index contributed by atoms with van der Waals surface area (Å²) in [5.74, 6) is -1.03. The van der Waals surface area contributed by atoms with Crippen LogP contribution in [0.3, 0.4) is 0 Å². The van der Waals surface area contributed by atoms with Gasteiger partial charge in [-0.3, -0.25) is 4.79 Å². The fourth-order valence-corrected chi connectivity index (χ4v) is 2.86. The van der Waals surface area contributed by atoms with E-state index in [4.69, 9.17) is 23.2 Å². The topological polar surface area (TPSA) is 29.1 Å². The molecule has 0 bridgehead atoms. The maximum atomic E-state index is 13.6. The molecule has 2 aromatic carbocycles. The molecule has 2 aromatic rings. The third-order valence-corrected chi connectivity index (χ3v) is 4.13. The third-order valence-electron chi connectivity index (χ3n) is 2.88. The number of nitrogens with one attached hydrogen (secondary N) is 1. The lowest BCUT2D eigenvalue weighted by Gasteiger charge is -2.09. The van der Waals surface area contributed by atoms with Crippen LogP contribution < -0.4 is 5.32 Å². The lowest BCUT2D eigenvalue weighted by Crippen LogP contribution is -2.27. The zero-order chi connectivity index (χ0) is 15.4. The van der Waals surface area contributed by atoms with Crippen molar-refractivity contribution < 1.29 is 9.18 Å². The van der Waals surface area contributed by atoms with E-state index in [-0.39, 0.29) is 5.56 Å². The number of amides is 1. The maximum Gasteiger partial charge on any atom is 0.255 e. The number of rotatable bonds is 4. The van der Waals surface area contributed by atoms with Crippen LogP contribution in [0.1, 0.15) is 15.9 Å². The Morgan fingerprint density at radius 2 is 2.00 bits per heavy atom. The molecule has 0 unspecified atom stereocenters. The van der Waals surface area contributed by atoms with Gasteiger partial charge in [-0.1, -0.05) is 35.3 Å². The number of carbonyl (C=O) groups is 1. The molecule has 0 aliphatic heterocycles. The van der Waals surface area contributed by atoms with Crippen molar-refractivity contribution in [2.24, 2.45) is 0 Å². The van der Waals surface area contributed by atoms with E-state index in [1.807, 2.05) is 0 Å². The Labute approximate surface area is 140 Å². The predicted molar refractivity (Wildman–Crippen MR) is 86.6 cm³/mol. The Hall–Kier alpha value is -1.10. The highest BCUT2D eigenvalue weighted by atomic mass is 79.9. The van der Waals surface area contributed by atoms with Gasteiger partial charge >= 0.3 is 0 Å². The summed E-state index contributed by atoms with van der Waals surface area (Å²) in [6.45, 7) is 0.348. The van der Waals surface area contributed by atoms with Gasteiger partial charge in [0.25, 0.3) is 5.91 Å². The molecule has 1 N–H and O–H groups in total. The fourth-order valence-electron chi connectivity index (χ4n) is 1.84. The second-order valence-electron chi connectivity index (χ2n) is 4.34. The van der Waals surface area contributed by atoms with Crippen molar-refractivity contribution in [3.63, 3.8) is 0 Å². The van der Waals surface area contributed by atoms with E-state index in [0.29, 0.717) is 27.5 Å². The van der Waals surface area contributed by atoms with Crippen molar-refractivity contribution >= 4 is 45.0 Å². The first-order valence-electron chi connectivity index (χ1n) is 6.15. The van der Waals surface area contributed by atoms with E-state index >= 15 is 0 Å². The van der Waals surface area contributed by atoms with Gasteiger partial charge in [0.05, 0.1) is 5.56 Å². The quantitative estimate of drug-likeness (QED) is 0.792. The van der Waals surface area contributed by atoms with E-state index < -0.39 is 11.7 Å². The number of hydrogen-bond acceptors (Lipinski definition) is 1. The molecule has 2 rings (SSSR count). The monoisotopic (exact) mass is 389 g/mol. The highest BCUT2D eigenvalue weighted by molar-refractivity contribution is 9.10. The van der Waals surface area contributed by atoms with Crippen LogP contribution in [-0.4, -0.2) is 12.5 Å². The van der Waals surface area contributed by atoms with Gasteiger partial charge in [0, 0.05) is 21.1 Å². The van der Waals surface area contributed by atoms with Crippen LogP contribution in [0.4, 0.5) is 4.39 Å². The molecule has 0 saturated carbocycles. The average molecular weight is 391 g/mol. The van der Waals surface area contributed by atoms with Gasteiger partial charge in [0.2, 0.25) is 0 Å². The van der Waals surface area contributed by atoms with E-state index in [9.17, 15) is 9.18 Å². The van der Waals surface area contributed by atoms with Crippen molar-refractivity contribution in [2.45, 2.75) is 6.42 Å². The standard InChI is InChI=1S/C15H11BrCl2FNO/c16-11-2-1-3-13(19)14(11)15(21)20-7-6-9-4-5-10(17)8-12(9)18/h1-5,8H,6-7H2,(H,20,21). The largest absolute Gasteiger partial charge is 0.352 e. The van der Waals surface area contributed by atoms with Crippen molar-refractivity contribution in [3.05, 3.63) is 67.9 Å². The first kappa shape index (κ1) is 16.3. The van der Waals surface area contributed by atoms with Crippen LogP contribution in [0.5, 0.6) is 0 Å². The van der Waals surface area contributed by atoms with Crippen LogP contribution in [-0.2, 0) is 6.42 Å². The maximum absolute atomic E-state index is 13.6. The van der Waals surface area contributed by atoms with Crippen LogP contribution in [0.15, 0.2) is 40.9 Å². The molecular weight excluding hydrogens is 380 g/mol. The van der Waals surface area contributed by atoms with Crippen LogP contribution in [0.25, 0.3) is 0 Å². The summed E-state index contributed by atoms with van der Waals surface area (Å²) in [7, 11) is 0. The summed E-state index contributed by atoms with van der Waals surface area (Å²) in [5.41, 5.74) is 0.869. The Morgan fingerprint density at radius 3 is 2.67 bits per heavy atom. The van der Waals surface area contributed by atoms with Gasteiger partial charge in [0.15, 0.2) is 0 Å². The van der Waals surface area contributed by atoms with Gasteiger partial charge < -0.3 is 5.32 Å². The molecule has 0 atom stereocenters. The normalized spacial score (nSPS) is 10.5. The highest BCUT2D eigenvalue weighted by Crippen LogP contribution is 2.22. The van der Waals surface area contributed by atoms with E-state index in [1.54, 1.807) is 24.3 Å². The van der Waals surface area contributed by atoms with Crippen LogP contribution >= 0.6 is 39.1 Å². The molecule has 0 heterocycles. The van der Waals surface area contributed by atoms with E-state index in [2.05, 4.69) is 21.2 Å². The van der Waals surface area contributed by atoms with E-state index in [0.717, 1.165) is 5.56 Å². The molecule has 0 radical (unpaired) electrons. The summed E-state index contributed by atoms with van der Waals surface area (Å²) in [6.07, 6.45) is 0.536. The molecule has 21 heavy (non-hydrogen) atoms. The second-order valence-corrected chi connectivity index (χ2v) is 6.04. The summed E-state index contributed by atoms with van der Waals surface area (Å²) < 4.78 is 14.1.